The first kappa shape index (κ1) is 19.8. The van der Waals surface area contributed by atoms with Crippen molar-refractivity contribution in [3.05, 3.63) is 51.9 Å². The molecule has 1 aromatic carbocycles. The van der Waals surface area contributed by atoms with Gasteiger partial charge in [-0.3, -0.25) is 14.2 Å². The summed E-state index contributed by atoms with van der Waals surface area (Å²) < 4.78 is 1.72. The molecule has 0 spiro atoms. The van der Waals surface area contributed by atoms with Crippen LogP contribution in [-0.2, 0) is 11.2 Å². The predicted molar refractivity (Wildman–Crippen MR) is 118 cm³/mol. The monoisotopic (exact) mass is 410 g/mol. The number of fused-ring (bicyclic) bond motifs is 2. The minimum Gasteiger partial charge on any atom is -0.353 e. The van der Waals surface area contributed by atoms with Crippen LogP contribution in [-0.4, -0.2) is 32.7 Å². The van der Waals surface area contributed by atoms with Crippen LogP contribution in [0, 0.1) is 6.92 Å². The molecule has 1 atom stereocenters. The Hall–Kier alpha value is -2.54. The molecule has 1 aliphatic heterocycles. The zero-order valence-electron chi connectivity index (χ0n) is 17.1. The van der Waals surface area contributed by atoms with Gasteiger partial charge in [0.05, 0.1) is 11.3 Å². The largest absolute Gasteiger partial charge is 0.353 e. The lowest BCUT2D eigenvalue weighted by Gasteiger charge is -2.29. The van der Waals surface area contributed by atoms with E-state index in [-0.39, 0.29) is 23.3 Å². The molecule has 1 aliphatic rings. The van der Waals surface area contributed by atoms with E-state index in [1.807, 2.05) is 49.9 Å². The molecular weight excluding hydrogens is 384 g/mol. The zero-order valence-corrected chi connectivity index (χ0v) is 17.9. The highest BCUT2D eigenvalue weighted by atomic mass is 32.2. The van der Waals surface area contributed by atoms with Gasteiger partial charge in [0.15, 0.2) is 5.16 Å². The first-order valence-electron chi connectivity index (χ1n) is 10.1. The molecule has 0 bridgehead atoms. The molecule has 152 valence electrons. The van der Waals surface area contributed by atoms with Crippen molar-refractivity contribution in [1.82, 2.24) is 14.5 Å². The number of nitrogens with zero attached hydrogens (tertiary/aromatic N) is 3. The van der Waals surface area contributed by atoms with Crippen LogP contribution in [0.3, 0.4) is 0 Å². The molecule has 0 unspecified atom stereocenters. The van der Waals surface area contributed by atoms with Crippen molar-refractivity contribution in [1.29, 1.82) is 0 Å². The summed E-state index contributed by atoms with van der Waals surface area (Å²) >= 11 is 1.35. The average molecular weight is 411 g/mol. The first-order valence-corrected chi connectivity index (χ1v) is 11.1. The SMILES string of the molecule is CC[C@H](C)n1c(SCC(=O)N2CCCc3ccccc32)nc2cc(C)[nH]c2c1=O. The van der Waals surface area contributed by atoms with E-state index in [1.165, 1.54) is 17.3 Å². The number of nitrogens with one attached hydrogen (secondary N) is 1. The van der Waals surface area contributed by atoms with Crippen molar-refractivity contribution in [2.24, 2.45) is 0 Å². The summed E-state index contributed by atoms with van der Waals surface area (Å²) in [6.45, 7) is 6.71. The molecule has 6 nitrogen and oxygen atoms in total. The Kier molecular flexibility index (Phi) is 5.50. The summed E-state index contributed by atoms with van der Waals surface area (Å²) in [7, 11) is 0. The van der Waals surface area contributed by atoms with Crippen LogP contribution in [0.5, 0.6) is 0 Å². The van der Waals surface area contributed by atoms with Crippen molar-refractivity contribution < 1.29 is 4.79 Å². The summed E-state index contributed by atoms with van der Waals surface area (Å²) in [6.07, 6.45) is 2.79. The number of carbonyl (C=O) groups excluding carboxylic acids is 1. The van der Waals surface area contributed by atoms with Gasteiger partial charge in [0.1, 0.15) is 5.52 Å². The number of hydrogen-bond acceptors (Lipinski definition) is 4. The molecule has 1 N–H and O–H groups in total. The van der Waals surface area contributed by atoms with E-state index in [2.05, 4.69) is 11.1 Å². The fourth-order valence-corrected chi connectivity index (χ4v) is 4.83. The third-order valence-electron chi connectivity index (χ3n) is 5.55. The minimum absolute atomic E-state index is 0.0105. The van der Waals surface area contributed by atoms with Gasteiger partial charge in [-0.15, -0.1) is 0 Å². The molecule has 0 saturated heterocycles. The number of H-pyrrole nitrogens is 1. The molecule has 0 saturated carbocycles. The van der Waals surface area contributed by atoms with Crippen LogP contribution in [0.15, 0.2) is 40.3 Å². The highest BCUT2D eigenvalue weighted by Crippen LogP contribution is 2.29. The van der Waals surface area contributed by atoms with Crippen LogP contribution in [0.2, 0.25) is 0 Å². The molecular formula is C22H26N4O2S. The number of aromatic amines is 1. The molecule has 0 fully saturated rings. The molecule has 2 aromatic heterocycles. The van der Waals surface area contributed by atoms with E-state index in [4.69, 9.17) is 4.98 Å². The fourth-order valence-electron chi connectivity index (χ4n) is 3.86. The van der Waals surface area contributed by atoms with Gasteiger partial charge in [0.25, 0.3) is 5.56 Å². The Labute approximate surface area is 174 Å². The lowest BCUT2D eigenvalue weighted by Crippen LogP contribution is -2.37. The Bertz CT molecular complexity index is 1120. The van der Waals surface area contributed by atoms with Crippen LogP contribution < -0.4 is 10.5 Å². The number of aromatic nitrogens is 3. The molecule has 0 radical (unpaired) electrons. The maximum absolute atomic E-state index is 13.1. The summed E-state index contributed by atoms with van der Waals surface area (Å²) in [5, 5.41) is 0.606. The molecule has 4 rings (SSSR count). The van der Waals surface area contributed by atoms with Gasteiger partial charge in [-0.05, 0) is 50.8 Å². The van der Waals surface area contributed by atoms with Gasteiger partial charge >= 0.3 is 0 Å². The smallest absolute Gasteiger partial charge is 0.278 e. The van der Waals surface area contributed by atoms with E-state index in [9.17, 15) is 9.59 Å². The summed E-state index contributed by atoms with van der Waals surface area (Å²) in [5.74, 6) is 0.309. The number of benzene rings is 1. The van der Waals surface area contributed by atoms with E-state index in [1.54, 1.807) is 4.57 Å². The lowest BCUT2D eigenvalue weighted by atomic mass is 10.0. The third kappa shape index (κ3) is 3.71. The van der Waals surface area contributed by atoms with E-state index < -0.39 is 0 Å². The zero-order chi connectivity index (χ0) is 20.5. The Morgan fingerprint density at radius 1 is 1.34 bits per heavy atom. The number of rotatable bonds is 5. The molecule has 0 aliphatic carbocycles. The second-order valence-electron chi connectivity index (χ2n) is 7.61. The van der Waals surface area contributed by atoms with Crippen molar-refractivity contribution in [3.8, 4) is 0 Å². The van der Waals surface area contributed by atoms with E-state index >= 15 is 0 Å². The number of para-hydroxylation sites is 1. The van der Waals surface area contributed by atoms with Gasteiger partial charge in [-0.1, -0.05) is 36.9 Å². The number of aryl methyl sites for hydroxylation is 2. The fraction of sp³-hybridized carbons (Fsp3) is 0.409. The molecule has 3 aromatic rings. The van der Waals surface area contributed by atoms with Gasteiger partial charge in [-0.25, -0.2) is 4.98 Å². The van der Waals surface area contributed by atoms with Crippen LogP contribution in [0.1, 0.15) is 44.0 Å². The van der Waals surface area contributed by atoms with Crippen molar-refractivity contribution in [2.75, 3.05) is 17.2 Å². The quantitative estimate of drug-likeness (QED) is 0.508. The van der Waals surface area contributed by atoms with Crippen LogP contribution in [0.4, 0.5) is 5.69 Å². The van der Waals surface area contributed by atoms with Gasteiger partial charge < -0.3 is 9.88 Å². The van der Waals surface area contributed by atoms with Gasteiger partial charge in [0, 0.05) is 24.0 Å². The normalized spacial score (nSPS) is 14.8. The third-order valence-corrected chi connectivity index (χ3v) is 6.49. The molecule has 7 heteroatoms. The molecule has 29 heavy (non-hydrogen) atoms. The number of thioether (sulfide) groups is 1. The van der Waals surface area contributed by atoms with Crippen molar-refractivity contribution >= 4 is 34.4 Å². The second-order valence-corrected chi connectivity index (χ2v) is 8.55. The topological polar surface area (TPSA) is 71.0 Å². The minimum atomic E-state index is -0.0734. The van der Waals surface area contributed by atoms with Crippen molar-refractivity contribution in [3.63, 3.8) is 0 Å². The maximum Gasteiger partial charge on any atom is 0.278 e. The van der Waals surface area contributed by atoms with Gasteiger partial charge in [-0.2, -0.15) is 0 Å². The maximum atomic E-state index is 13.1. The number of anilines is 1. The van der Waals surface area contributed by atoms with Crippen LogP contribution in [0.25, 0.3) is 11.0 Å². The average Bonchev–Trinajstić information content (AvgIpc) is 3.11. The summed E-state index contributed by atoms with van der Waals surface area (Å²) in [6, 6.07) is 9.98. The highest BCUT2D eigenvalue weighted by Gasteiger charge is 2.24. The summed E-state index contributed by atoms with van der Waals surface area (Å²) in [5.41, 5.74) is 4.25. The summed E-state index contributed by atoms with van der Waals surface area (Å²) in [4.78, 5) is 35.8. The Balaban J connectivity index is 1.63. The molecule has 1 amide bonds. The van der Waals surface area contributed by atoms with Crippen molar-refractivity contribution in [2.45, 2.75) is 51.2 Å². The Morgan fingerprint density at radius 2 is 2.14 bits per heavy atom. The predicted octanol–water partition coefficient (Wildman–Crippen LogP) is 4.08. The second kappa shape index (κ2) is 8.06. The van der Waals surface area contributed by atoms with E-state index in [0.717, 1.165) is 37.2 Å². The number of carbonyl (C=O) groups is 1. The highest BCUT2D eigenvalue weighted by molar-refractivity contribution is 7.99. The Morgan fingerprint density at radius 3 is 2.93 bits per heavy atom. The lowest BCUT2D eigenvalue weighted by molar-refractivity contribution is -0.116. The van der Waals surface area contributed by atoms with Gasteiger partial charge in [0.2, 0.25) is 5.91 Å². The number of hydrogen-bond donors (Lipinski definition) is 1. The molecule has 3 heterocycles. The van der Waals surface area contributed by atoms with E-state index in [0.29, 0.717) is 16.2 Å². The first-order chi connectivity index (χ1) is 14.0. The number of amides is 1. The van der Waals surface area contributed by atoms with Crippen LogP contribution >= 0.6 is 11.8 Å². The standard InChI is InChI=1S/C22H26N4O2S/c1-4-15(3)26-21(28)20-17(12-14(2)23-20)24-22(26)29-13-19(27)25-11-7-9-16-8-5-6-10-18(16)25/h5-6,8,10,12,15,23H,4,7,9,11,13H2,1-3H3/t15-/m0/s1.